The minimum absolute atomic E-state index is 0.0596. The number of rotatable bonds is 27. The second kappa shape index (κ2) is 26.2. The Morgan fingerprint density at radius 2 is 1.34 bits per heavy atom. The van der Waals surface area contributed by atoms with Crippen LogP contribution in [0.3, 0.4) is 0 Å². The molecule has 0 aliphatic heterocycles. The van der Waals surface area contributed by atoms with Gasteiger partial charge in [0.25, 0.3) is 5.91 Å². The van der Waals surface area contributed by atoms with Gasteiger partial charge in [-0.2, -0.15) is 0 Å². The van der Waals surface area contributed by atoms with Crippen molar-refractivity contribution in [3.63, 3.8) is 0 Å². The molecule has 21 nitrogen and oxygen atoms in total. The summed E-state index contributed by atoms with van der Waals surface area (Å²) in [6, 6.07) is 3.52. The van der Waals surface area contributed by atoms with Crippen LogP contribution in [0.5, 0.6) is 0 Å². The number of carbonyl (C=O) groups excluding carboxylic acids is 2. The number of carbonyl (C=O) groups is 2. The van der Waals surface area contributed by atoms with E-state index >= 15 is 0 Å². The lowest BCUT2D eigenvalue weighted by Crippen LogP contribution is -2.53. The molecular formula is C40H66ClN9O12. The van der Waals surface area contributed by atoms with Crippen LogP contribution in [0.1, 0.15) is 77.0 Å². The number of aryl methyl sites for hydroxylation is 3. The predicted molar refractivity (Wildman–Crippen MR) is 229 cm³/mol. The molecule has 62 heavy (non-hydrogen) atoms. The van der Waals surface area contributed by atoms with Crippen molar-refractivity contribution in [2.45, 2.75) is 126 Å². The molecule has 0 spiro atoms. The molecule has 0 radical (unpaired) electrons. The fraction of sp³-hybridized carbons (Fsp3) is 0.675. The van der Waals surface area contributed by atoms with E-state index in [1.54, 1.807) is 6.92 Å². The number of halogens is 1. The molecule has 18 N–H and O–H groups in total. The lowest BCUT2D eigenvalue weighted by Gasteiger charge is -2.33. The van der Waals surface area contributed by atoms with E-state index in [-0.39, 0.29) is 35.7 Å². The third kappa shape index (κ3) is 15.8. The molecule has 0 bridgehead atoms. The Morgan fingerprint density at radius 3 is 1.87 bits per heavy atom. The molecule has 1 aliphatic rings. The van der Waals surface area contributed by atoms with E-state index < -0.39 is 93.0 Å². The number of nitrogens with two attached hydrogens (primary N) is 3. The number of guanidine groups is 1. The number of aliphatic hydroxyl groups excluding tert-OH is 10. The van der Waals surface area contributed by atoms with Gasteiger partial charge in [-0.25, -0.2) is 9.97 Å². The predicted octanol–water partition coefficient (Wildman–Crippen LogP) is -4.09. The Hall–Kier alpha value is -3.68. The zero-order valence-electron chi connectivity index (χ0n) is 35.1. The number of unbranched alkanes of at least 4 members (excludes halogenated alkanes) is 1. The number of fused-ring (bicyclic) bond motifs is 1. The first kappa shape index (κ1) is 52.7. The van der Waals surface area contributed by atoms with Crippen molar-refractivity contribution >= 4 is 35.2 Å². The van der Waals surface area contributed by atoms with Crippen LogP contribution in [-0.2, 0) is 30.5 Å². The van der Waals surface area contributed by atoms with Gasteiger partial charge in [-0.15, -0.1) is 0 Å². The second-order valence-electron chi connectivity index (χ2n) is 15.7. The van der Waals surface area contributed by atoms with Gasteiger partial charge in [0.05, 0.1) is 37.2 Å². The maximum absolute atomic E-state index is 12.5. The van der Waals surface area contributed by atoms with E-state index in [1.165, 1.54) is 21.6 Å². The van der Waals surface area contributed by atoms with Crippen molar-refractivity contribution < 1.29 is 60.7 Å². The number of nitrogens with zero attached hydrogens (tertiary/aromatic N) is 4. The third-order valence-corrected chi connectivity index (χ3v) is 11.3. The summed E-state index contributed by atoms with van der Waals surface area (Å²) in [7, 11) is 0. The van der Waals surface area contributed by atoms with E-state index in [2.05, 4.69) is 37.7 Å². The van der Waals surface area contributed by atoms with Crippen molar-refractivity contribution in [3.05, 3.63) is 50.9 Å². The van der Waals surface area contributed by atoms with Gasteiger partial charge < -0.3 is 73.6 Å². The molecule has 0 unspecified atom stereocenters. The van der Waals surface area contributed by atoms with Crippen molar-refractivity contribution in [2.75, 3.05) is 51.7 Å². The van der Waals surface area contributed by atoms with Crippen LogP contribution < -0.4 is 27.8 Å². The lowest BCUT2D eigenvalue weighted by atomic mass is 9.82. The highest BCUT2D eigenvalue weighted by Crippen LogP contribution is 2.30. The van der Waals surface area contributed by atoms with Crippen LogP contribution in [0.4, 0.5) is 5.82 Å². The van der Waals surface area contributed by atoms with Gasteiger partial charge in [-0.05, 0) is 106 Å². The van der Waals surface area contributed by atoms with Gasteiger partial charge in [0, 0.05) is 19.6 Å². The summed E-state index contributed by atoms with van der Waals surface area (Å²) in [5.74, 6) is -1.36. The summed E-state index contributed by atoms with van der Waals surface area (Å²) in [6.07, 6.45) is -6.89. The molecule has 22 heteroatoms. The fourth-order valence-electron chi connectivity index (χ4n) is 7.36. The normalized spacial score (nSPS) is 17.7. The summed E-state index contributed by atoms with van der Waals surface area (Å²) in [5.41, 5.74) is 22.8. The third-order valence-electron chi connectivity index (χ3n) is 11.0. The number of nitrogens with one attached hydrogen (secondary N) is 2. The fourth-order valence-corrected chi connectivity index (χ4v) is 7.49. The van der Waals surface area contributed by atoms with E-state index in [0.29, 0.717) is 31.5 Å². The van der Waals surface area contributed by atoms with Crippen LogP contribution >= 0.6 is 11.6 Å². The quantitative estimate of drug-likeness (QED) is 0.0230. The molecule has 0 fully saturated rings. The van der Waals surface area contributed by atoms with Crippen molar-refractivity contribution in [3.8, 4) is 0 Å². The SMILES string of the molecule is Cc1nc(N)c(C(=O)NC(N)=NCCCCc2ccc(CC[C@H](NCCCN(C[C@H](O)[C@@H](O)[C@H](O)[C@H](O)CO)C[C@H](O)[C@@H](O)[C@H](O)[C@H](O)CO)C(N)=O)c3c2CCCC3)nc1Cl. The zero-order chi connectivity index (χ0) is 46.1. The molecule has 2 amide bonds. The van der Waals surface area contributed by atoms with Crippen molar-refractivity contribution in [2.24, 2.45) is 16.5 Å². The number of aliphatic hydroxyl groups is 10. The summed E-state index contributed by atoms with van der Waals surface area (Å²) < 4.78 is 0. The number of aliphatic imine (C=N–C) groups is 1. The van der Waals surface area contributed by atoms with Crippen LogP contribution in [0, 0.1) is 6.92 Å². The number of amides is 2. The first-order valence-corrected chi connectivity index (χ1v) is 21.2. The monoisotopic (exact) mass is 899 g/mol. The smallest absolute Gasteiger partial charge is 0.280 e. The highest BCUT2D eigenvalue weighted by molar-refractivity contribution is 6.30. The van der Waals surface area contributed by atoms with Gasteiger partial charge in [0.2, 0.25) is 5.91 Å². The molecule has 1 aromatic heterocycles. The average molecular weight is 900 g/mol. The van der Waals surface area contributed by atoms with Gasteiger partial charge >= 0.3 is 0 Å². The molecule has 3 rings (SSSR count). The largest absolute Gasteiger partial charge is 0.394 e. The van der Waals surface area contributed by atoms with E-state index in [9.17, 15) is 50.4 Å². The Bertz CT molecular complexity index is 1730. The molecule has 0 saturated heterocycles. The van der Waals surface area contributed by atoms with Gasteiger partial charge in [0.15, 0.2) is 22.6 Å². The molecular weight excluding hydrogens is 834 g/mol. The van der Waals surface area contributed by atoms with Crippen LogP contribution in [0.25, 0.3) is 0 Å². The number of anilines is 1. The van der Waals surface area contributed by atoms with Crippen molar-refractivity contribution in [1.29, 1.82) is 0 Å². The van der Waals surface area contributed by atoms with Crippen LogP contribution in [0.2, 0.25) is 5.15 Å². The summed E-state index contributed by atoms with van der Waals surface area (Å²) in [6.45, 7) is -0.240. The maximum atomic E-state index is 12.5. The number of nitrogen functional groups attached to an aromatic ring is 1. The Morgan fingerprint density at radius 1 is 0.806 bits per heavy atom. The topological polar surface area (TPSA) is 380 Å². The number of hydrogen-bond acceptors (Lipinski definition) is 18. The first-order chi connectivity index (χ1) is 29.4. The Kier molecular flexibility index (Phi) is 22.2. The van der Waals surface area contributed by atoms with E-state index in [1.807, 2.05) is 0 Å². The van der Waals surface area contributed by atoms with Gasteiger partial charge in [0.1, 0.15) is 36.6 Å². The van der Waals surface area contributed by atoms with Gasteiger partial charge in [-0.3, -0.25) is 24.8 Å². The number of aromatic nitrogens is 2. The molecule has 9 atom stereocenters. The summed E-state index contributed by atoms with van der Waals surface area (Å²) in [4.78, 5) is 38.7. The van der Waals surface area contributed by atoms with E-state index in [4.69, 9.17) is 39.0 Å². The molecule has 1 aliphatic carbocycles. The Labute approximate surface area is 365 Å². The molecule has 1 aromatic carbocycles. The van der Waals surface area contributed by atoms with Gasteiger partial charge in [-0.1, -0.05) is 23.7 Å². The summed E-state index contributed by atoms with van der Waals surface area (Å²) in [5, 5.41) is 105. The molecule has 2 aromatic rings. The molecule has 1 heterocycles. The minimum Gasteiger partial charge on any atom is -0.394 e. The average Bonchev–Trinajstić information content (AvgIpc) is 3.25. The first-order valence-electron chi connectivity index (χ1n) is 20.8. The van der Waals surface area contributed by atoms with Crippen molar-refractivity contribution in [1.82, 2.24) is 25.5 Å². The minimum atomic E-state index is -1.91. The number of hydrogen-bond donors (Lipinski definition) is 15. The summed E-state index contributed by atoms with van der Waals surface area (Å²) >= 11 is 5.98. The standard InChI is InChI=1S/C40H66ClN9O12/c1-21-36(41)48-31(37(42)47-21)39(62)49-40(44)46-14-5-4-7-22-10-11-23(25-9-3-2-8-24(22)25)12-13-26(38(43)61)45-15-6-16-50(17-27(53)32(57)34(59)29(55)19-51)18-28(54)33(58)35(60)30(56)20-52/h10-11,26-30,32-35,45,51-60H,2-9,12-20H2,1H3,(H2,42,47)(H2,43,61)(H3,44,46,49,62)/t26-,27-,28-,29+,30+,32+,33+,34+,35+/m0/s1. The highest BCUT2D eigenvalue weighted by atomic mass is 35.5. The number of benzene rings is 1. The lowest BCUT2D eigenvalue weighted by molar-refractivity contribution is -0.130. The molecule has 350 valence electrons. The number of primary amides is 1. The molecule has 0 saturated carbocycles. The Balaban J connectivity index is 1.56. The van der Waals surface area contributed by atoms with Crippen LogP contribution in [-0.4, -0.2) is 185 Å². The maximum Gasteiger partial charge on any atom is 0.280 e. The second-order valence-corrected chi connectivity index (χ2v) is 16.1. The zero-order valence-corrected chi connectivity index (χ0v) is 35.8. The van der Waals surface area contributed by atoms with E-state index in [0.717, 1.165) is 50.5 Å². The highest BCUT2D eigenvalue weighted by Gasteiger charge is 2.34. The van der Waals surface area contributed by atoms with Crippen LogP contribution in [0.15, 0.2) is 17.1 Å².